The Morgan fingerprint density at radius 3 is 2.03 bits per heavy atom. The third kappa shape index (κ3) is 5.21. The van der Waals surface area contributed by atoms with Crippen LogP contribution in [0.4, 0.5) is 4.79 Å². The van der Waals surface area contributed by atoms with Crippen molar-refractivity contribution in [1.29, 1.82) is 0 Å². The largest absolute Gasteiger partial charge is 0.394 e. The van der Waals surface area contributed by atoms with E-state index in [4.69, 9.17) is 5.11 Å². The first-order valence-corrected chi connectivity index (χ1v) is 10.6. The van der Waals surface area contributed by atoms with E-state index in [1.165, 1.54) is 0 Å². The zero-order valence-corrected chi connectivity index (χ0v) is 18.4. The molecule has 0 aliphatic carbocycles. The van der Waals surface area contributed by atoms with E-state index in [9.17, 15) is 34.8 Å². The molecule has 1 saturated heterocycles. The van der Waals surface area contributed by atoms with E-state index >= 15 is 0 Å². The van der Waals surface area contributed by atoms with Crippen LogP contribution in [-0.4, -0.2) is 92.1 Å². The molecule has 12 heteroatoms. The predicted octanol–water partition coefficient (Wildman–Crippen LogP) is -1.98. The number of aliphatic hydroxyl groups is 5. The second kappa shape index (κ2) is 11.2. The highest BCUT2D eigenvalue weighted by molar-refractivity contribution is 6.10. The van der Waals surface area contributed by atoms with Gasteiger partial charge in [-0.05, 0) is 11.1 Å². The average molecular weight is 486 g/mol. The fourth-order valence-corrected chi connectivity index (χ4v) is 3.81. The van der Waals surface area contributed by atoms with Gasteiger partial charge in [-0.15, -0.1) is 0 Å². The standard InChI is InChI=1S/C23H26N4O8/c28-13-17(30)20(33)19(32)16(29)11-24-26-18(31)12-27-22(35)25-21(34)23(27,14-7-3-1-4-8-14)15-9-5-2-6-10-15/h1-11,16-17,19-20,28-30,32-33H,12-13H2,(H,26,31)(H,25,34,35)/b24-11+/t16-,17-,19-,20-/m1/s1. The first kappa shape index (κ1) is 25.9. The van der Waals surface area contributed by atoms with Gasteiger partial charge in [-0.2, -0.15) is 5.10 Å². The molecule has 4 atom stereocenters. The van der Waals surface area contributed by atoms with Crippen LogP contribution < -0.4 is 10.7 Å². The SMILES string of the molecule is O=C(CN1C(=O)NC(=O)C1(c1ccccc1)c1ccccc1)N/N=C/[C@@H](O)[C@@H](O)[C@H](O)[C@H](O)CO. The number of urea groups is 1. The van der Waals surface area contributed by atoms with Gasteiger partial charge >= 0.3 is 6.03 Å². The molecule has 12 nitrogen and oxygen atoms in total. The van der Waals surface area contributed by atoms with Crippen molar-refractivity contribution in [3.8, 4) is 0 Å². The van der Waals surface area contributed by atoms with Crippen molar-refractivity contribution in [2.75, 3.05) is 13.2 Å². The van der Waals surface area contributed by atoms with Crippen LogP contribution in [-0.2, 0) is 15.1 Å². The molecule has 0 saturated carbocycles. The molecule has 1 aliphatic heterocycles. The quantitative estimate of drug-likeness (QED) is 0.114. The molecule has 0 bridgehead atoms. The number of hydrogen-bond donors (Lipinski definition) is 7. The summed E-state index contributed by atoms with van der Waals surface area (Å²) in [4.78, 5) is 39.6. The number of carbonyl (C=O) groups is 3. The van der Waals surface area contributed by atoms with Crippen LogP contribution in [0.1, 0.15) is 11.1 Å². The zero-order chi connectivity index (χ0) is 25.6. The van der Waals surface area contributed by atoms with E-state index in [-0.39, 0.29) is 0 Å². The summed E-state index contributed by atoms with van der Waals surface area (Å²) in [6.07, 6.45) is -6.56. The molecule has 2 aromatic rings. The van der Waals surface area contributed by atoms with Gasteiger partial charge in [0.1, 0.15) is 31.0 Å². The molecule has 2 aromatic carbocycles. The van der Waals surface area contributed by atoms with E-state index in [1.807, 2.05) is 0 Å². The van der Waals surface area contributed by atoms with Gasteiger partial charge in [-0.3, -0.25) is 19.8 Å². The maximum absolute atomic E-state index is 13.2. The lowest BCUT2D eigenvalue weighted by Crippen LogP contribution is -2.51. The van der Waals surface area contributed by atoms with Crippen LogP contribution in [0, 0.1) is 0 Å². The van der Waals surface area contributed by atoms with Gasteiger partial charge in [-0.25, -0.2) is 10.2 Å². The summed E-state index contributed by atoms with van der Waals surface area (Å²) in [5.74, 6) is -1.45. The van der Waals surface area contributed by atoms with Crippen LogP contribution in [0.2, 0.25) is 0 Å². The van der Waals surface area contributed by atoms with E-state index < -0.39 is 61.0 Å². The van der Waals surface area contributed by atoms with Gasteiger partial charge in [-0.1, -0.05) is 60.7 Å². The van der Waals surface area contributed by atoms with Crippen molar-refractivity contribution in [3.05, 3.63) is 71.8 Å². The normalized spacial score (nSPS) is 18.7. The Hall–Kier alpha value is -3.68. The van der Waals surface area contributed by atoms with E-state index in [0.29, 0.717) is 17.3 Å². The molecule has 35 heavy (non-hydrogen) atoms. The zero-order valence-electron chi connectivity index (χ0n) is 18.4. The molecular formula is C23H26N4O8. The first-order chi connectivity index (χ1) is 16.7. The summed E-state index contributed by atoms with van der Waals surface area (Å²) < 4.78 is 0. The van der Waals surface area contributed by atoms with Gasteiger partial charge in [0.15, 0.2) is 5.54 Å². The number of carbonyl (C=O) groups excluding carboxylic acids is 3. The van der Waals surface area contributed by atoms with Crippen molar-refractivity contribution in [1.82, 2.24) is 15.6 Å². The van der Waals surface area contributed by atoms with E-state index in [1.54, 1.807) is 60.7 Å². The van der Waals surface area contributed by atoms with Crippen molar-refractivity contribution >= 4 is 24.1 Å². The fraction of sp³-hybridized carbons (Fsp3) is 0.304. The molecule has 0 unspecified atom stereocenters. The van der Waals surface area contributed by atoms with Gasteiger partial charge in [0.05, 0.1) is 12.8 Å². The average Bonchev–Trinajstić information content (AvgIpc) is 3.12. The number of imide groups is 1. The summed E-state index contributed by atoms with van der Waals surface area (Å²) >= 11 is 0. The molecule has 4 amide bonds. The third-order valence-corrected chi connectivity index (χ3v) is 5.58. The monoisotopic (exact) mass is 486 g/mol. The maximum Gasteiger partial charge on any atom is 0.326 e. The Bertz CT molecular complexity index is 1030. The molecule has 1 heterocycles. The van der Waals surface area contributed by atoms with Crippen LogP contribution in [0.25, 0.3) is 0 Å². The summed E-state index contributed by atoms with van der Waals surface area (Å²) in [6, 6.07) is 16.2. The summed E-state index contributed by atoms with van der Waals surface area (Å²) in [6.45, 7) is -1.44. The highest BCUT2D eigenvalue weighted by Crippen LogP contribution is 2.39. The predicted molar refractivity (Wildman–Crippen MR) is 122 cm³/mol. The molecule has 0 radical (unpaired) electrons. The molecule has 1 fully saturated rings. The number of benzene rings is 2. The Kier molecular flexibility index (Phi) is 8.27. The van der Waals surface area contributed by atoms with Gasteiger partial charge in [0, 0.05) is 0 Å². The third-order valence-electron chi connectivity index (χ3n) is 5.58. The second-order valence-corrected chi connectivity index (χ2v) is 7.82. The van der Waals surface area contributed by atoms with Crippen molar-refractivity contribution in [2.24, 2.45) is 5.10 Å². The lowest BCUT2D eigenvalue weighted by atomic mass is 9.81. The van der Waals surface area contributed by atoms with Crippen molar-refractivity contribution < 1.29 is 39.9 Å². The highest BCUT2D eigenvalue weighted by atomic mass is 16.4. The lowest BCUT2D eigenvalue weighted by molar-refractivity contribution is -0.127. The topological polar surface area (TPSA) is 192 Å². The van der Waals surface area contributed by atoms with Crippen LogP contribution in [0.5, 0.6) is 0 Å². The number of rotatable bonds is 10. The Balaban J connectivity index is 1.81. The molecule has 1 aliphatic rings. The van der Waals surface area contributed by atoms with Crippen molar-refractivity contribution in [2.45, 2.75) is 30.0 Å². The smallest absolute Gasteiger partial charge is 0.326 e. The summed E-state index contributed by atoms with van der Waals surface area (Å²) in [5.41, 5.74) is 1.38. The number of hydrazone groups is 1. The Morgan fingerprint density at radius 2 is 1.51 bits per heavy atom. The number of aliphatic hydroxyl groups excluding tert-OH is 5. The van der Waals surface area contributed by atoms with Gasteiger partial charge in [0.2, 0.25) is 0 Å². The fourth-order valence-electron chi connectivity index (χ4n) is 3.81. The van der Waals surface area contributed by atoms with Crippen LogP contribution >= 0.6 is 0 Å². The van der Waals surface area contributed by atoms with Crippen molar-refractivity contribution in [3.63, 3.8) is 0 Å². The van der Waals surface area contributed by atoms with E-state index in [0.717, 1.165) is 4.90 Å². The molecule has 3 rings (SSSR count). The number of amides is 4. The minimum Gasteiger partial charge on any atom is -0.394 e. The summed E-state index contributed by atoms with van der Waals surface area (Å²) in [7, 11) is 0. The van der Waals surface area contributed by atoms with Gasteiger partial charge in [0.25, 0.3) is 11.8 Å². The van der Waals surface area contributed by atoms with E-state index in [2.05, 4.69) is 15.8 Å². The Labute approximate surface area is 200 Å². The lowest BCUT2D eigenvalue weighted by Gasteiger charge is -2.35. The second-order valence-electron chi connectivity index (χ2n) is 7.82. The number of nitrogens with one attached hydrogen (secondary N) is 2. The van der Waals surface area contributed by atoms with Crippen LogP contribution in [0.15, 0.2) is 65.8 Å². The Morgan fingerprint density at radius 1 is 0.971 bits per heavy atom. The van der Waals surface area contributed by atoms with Crippen LogP contribution in [0.3, 0.4) is 0 Å². The molecule has 7 N–H and O–H groups in total. The molecule has 0 spiro atoms. The summed E-state index contributed by atoms with van der Waals surface area (Å²) in [5, 5.41) is 53.2. The molecule has 0 aromatic heterocycles. The molecule has 186 valence electrons. The number of nitrogens with zero attached hydrogens (tertiary/aromatic N) is 2. The first-order valence-electron chi connectivity index (χ1n) is 10.6. The molecular weight excluding hydrogens is 460 g/mol. The minimum absolute atomic E-state index is 0.459. The minimum atomic E-state index is -1.90. The van der Waals surface area contributed by atoms with Gasteiger partial charge < -0.3 is 25.5 Å². The number of hydrogen-bond acceptors (Lipinski definition) is 9. The maximum atomic E-state index is 13.2. The highest BCUT2D eigenvalue weighted by Gasteiger charge is 2.55.